The lowest BCUT2D eigenvalue weighted by molar-refractivity contribution is -0.0256. The maximum atomic E-state index is 10.3. The Balaban J connectivity index is 1.89. The van der Waals surface area contributed by atoms with E-state index in [-0.39, 0.29) is 11.6 Å². The molecule has 0 bridgehead atoms. The number of hydrogen-bond donors (Lipinski definition) is 1. The van der Waals surface area contributed by atoms with Crippen molar-refractivity contribution in [3.8, 4) is 0 Å². The molecule has 1 saturated heterocycles. The molecular weight excluding hydrogens is 186 g/mol. The summed E-state index contributed by atoms with van der Waals surface area (Å²) in [7, 11) is 0. The normalized spacial score (nSPS) is 26.6. The second-order valence-corrected chi connectivity index (χ2v) is 5.90. The molecule has 0 radical (unpaired) electrons. The van der Waals surface area contributed by atoms with Gasteiger partial charge in [0.25, 0.3) is 0 Å². The average Bonchev–Trinajstić information content (AvgIpc) is 3.03. The molecule has 2 nitrogen and oxygen atoms in total. The summed E-state index contributed by atoms with van der Waals surface area (Å²) in [5.41, 5.74) is -0.0109. The molecule has 1 aliphatic heterocycles. The molecule has 1 atom stereocenters. The zero-order chi connectivity index (χ0) is 10.9. The molecule has 0 aromatic heterocycles. The van der Waals surface area contributed by atoms with E-state index in [1.54, 1.807) is 0 Å². The van der Waals surface area contributed by atoms with Crippen molar-refractivity contribution >= 4 is 0 Å². The van der Waals surface area contributed by atoms with E-state index in [4.69, 9.17) is 0 Å². The minimum absolute atomic E-state index is 0.0109. The Morgan fingerprint density at radius 2 is 1.80 bits per heavy atom. The summed E-state index contributed by atoms with van der Waals surface area (Å²) in [5, 5.41) is 10.3. The van der Waals surface area contributed by atoms with E-state index in [9.17, 15) is 5.11 Å². The average molecular weight is 211 g/mol. The topological polar surface area (TPSA) is 23.5 Å². The Kier molecular flexibility index (Phi) is 3.36. The van der Waals surface area contributed by atoms with Gasteiger partial charge in [-0.15, -0.1) is 0 Å². The first-order valence-electron chi connectivity index (χ1n) is 6.54. The summed E-state index contributed by atoms with van der Waals surface area (Å²) >= 11 is 0. The zero-order valence-corrected chi connectivity index (χ0v) is 10.2. The highest BCUT2D eigenvalue weighted by molar-refractivity contribution is 4.92. The largest absolute Gasteiger partial charge is 0.391 e. The minimum atomic E-state index is -0.136. The predicted molar refractivity (Wildman–Crippen MR) is 62.9 cm³/mol. The second-order valence-electron chi connectivity index (χ2n) is 5.90. The van der Waals surface area contributed by atoms with Crippen molar-refractivity contribution in [2.75, 3.05) is 13.1 Å². The van der Waals surface area contributed by atoms with Crippen LogP contribution in [0.5, 0.6) is 0 Å². The quantitative estimate of drug-likeness (QED) is 0.772. The number of rotatable bonds is 4. The Morgan fingerprint density at radius 1 is 1.20 bits per heavy atom. The summed E-state index contributed by atoms with van der Waals surface area (Å²) in [6, 6.07) is 0. The molecule has 2 fully saturated rings. The highest BCUT2D eigenvalue weighted by Gasteiger charge is 2.37. The highest BCUT2D eigenvalue weighted by atomic mass is 16.3. The van der Waals surface area contributed by atoms with E-state index < -0.39 is 0 Å². The van der Waals surface area contributed by atoms with Gasteiger partial charge in [0.1, 0.15) is 0 Å². The van der Waals surface area contributed by atoms with Crippen LogP contribution in [-0.4, -0.2) is 34.7 Å². The Labute approximate surface area is 93.7 Å². The second kappa shape index (κ2) is 4.42. The molecule has 1 unspecified atom stereocenters. The van der Waals surface area contributed by atoms with Gasteiger partial charge in [0, 0.05) is 5.54 Å². The first-order chi connectivity index (χ1) is 7.10. The van der Waals surface area contributed by atoms with E-state index in [1.165, 1.54) is 45.2 Å². The molecule has 15 heavy (non-hydrogen) atoms. The zero-order valence-electron chi connectivity index (χ0n) is 10.2. The van der Waals surface area contributed by atoms with Gasteiger partial charge in [-0.1, -0.05) is 19.3 Å². The summed E-state index contributed by atoms with van der Waals surface area (Å²) in [6.07, 6.45) is 7.54. The molecule has 2 heteroatoms. The van der Waals surface area contributed by atoms with Crippen LogP contribution in [-0.2, 0) is 0 Å². The first kappa shape index (κ1) is 11.4. The van der Waals surface area contributed by atoms with Crippen molar-refractivity contribution in [2.24, 2.45) is 5.92 Å². The van der Waals surface area contributed by atoms with E-state index in [2.05, 4.69) is 18.7 Å². The van der Waals surface area contributed by atoms with E-state index in [0.29, 0.717) is 0 Å². The maximum absolute atomic E-state index is 10.3. The fourth-order valence-corrected chi connectivity index (χ4v) is 2.64. The fraction of sp³-hybridized carbons (Fsp3) is 1.00. The molecule has 0 spiro atoms. The van der Waals surface area contributed by atoms with Crippen molar-refractivity contribution in [1.82, 2.24) is 4.90 Å². The number of likely N-dealkylation sites (tertiary alicyclic amines) is 1. The third kappa shape index (κ3) is 2.73. The van der Waals surface area contributed by atoms with E-state index in [0.717, 1.165) is 12.3 Å². The van der Waals surface area contributed by atoms with Gasteiger partial charge in [0.05, 0.1) is 6.10 Å². The van der Waals surface area contributed by atoms with Gasteiger partial charge in [-0.25, -0.2) is 0 Å². The lowest BCUT2D eigenvalue weighted by Gasteiger charge is -2.44. The van der Waals surface area contributed by atoms with Crippen LogP contribution in [0.25, 0.3) is 0 Å². The van der Waals surface area contributed by atoms with Crippen molar-refractivity contribution in [2.45, 2.75) is 64.0 Å². The van der Waals surface area contributed by atoms with Gasteiger partial charge < -0.3 is 5.11 Å². The van der Waals surface area contributed by atoms with E-state index in [1.807, 2.05) is 0 Å². The number of hydrogen-bond acceptors (Lipinski definition) is 2. The summed E-state index contributed by atoms with van der Waals surface area (Å²) in [5.74, 6) is 0.823. The number of aliphatic hydroxyl groups excluding tert-OH is 1. The summed E-state index contributed by atoms with van der Waals surface area (Å²) < 4.78 is 0. The number of nitrogens with zero attached hydrogens (tertiary/aromatic N) is 1. The molecule has 0 amide bonds. The maximum Gasteiger partial charge on any atom is 0.0721 e. The van der Waals surface area contributed by atoms with Crippen LogP contribution in [0.2, 0.25) is 0 Å². The van der Waals surface area contributed by atoms with Crippen LogP contribution >= 0.6 is 0 Å². The van der Waals surface area contributed by atoms with Gasteiger partial charge in [-0.3, -0.25) is 4.90 Å². The smallest absolute Gasteiger partial charge is 0.0721 e. The summed E-state index contributed by atoms with van der Waals surface area (Å²) in [4.78, 5) is 2.49. The van der Waals surface area contributed by atoms with Crippen molar-refractivity contribution in [3.63, 3.8) is 0 Å². The molecule has 1 heterocycles. The van der Waals surface area contributed by atoms with Crippen LogP contribution in [0, 0.1) is 5.92 Å². The molecule has 0 aromatic rings. The molecular formula is C13H25NO. The number of piperidine rings is 1. The first-order valence-corrected chi connectivity index (χ1v) is 6.54. The van der Waals surface area contributed by atoms with E-state index >= 15 is 0 Å². The highest BCUT2D eigenvalue weighted by Crippen LogP contribution is 2.37. The Bertz CT molecular complexity index is 205. The third-order valence-corrected chi connectivity index (χ3v) is 4.24. The molecule has 88 valence electrons. The van der Waals surface area contributed by atoms with Gasteiger partial charge in [0.15, 0.2) is 0 Å². The molecule has 1 N–H and O–H groups in total. The fourth-order valence-electron chi connectivity index (χ4n) is 2.64. The SMILES string of the molecule is CC(C)(C(O)CC1CC1)N1CCCCC1. The van der Waals surface area contributed by atoms with Gasteiger partial charge in [-0.2, -0.15) is 0 Å². The van der Waals surface area contributed by atoms with Gasteiger partial charge in [0.2, 0.25) is 0 Å². The molecule has 1 aliphatic carbocycles. The number of aliphatic hydroxyl groups is 1. The molecule has 0 aromatic carbocycles. The molecule has 1 saturated carbocycles. The Hall–Kier alpha value is -0.0800. The van der Waals surface area contributed by atoms with Crippen molar-refractivity contribution in [1.29, 1.82) is 0 Å². The van der Waals surface area contributed by atoms with Crippen LogP contribution in [0.3, 0.4) is 0 Å². The lowest BCUT2D eigenvalue weighted by atomic mass is 9.89. The standard InChI is InChI=1S/C13H25NO/c1-13(2,12(15)10-11-6-7-11)14-8-4-3-5-9-14/h11-12,15H,3-10H2,1-2H3. The van der Waals surface area contributed by atoms with Gasteiger partial charge in [-0.05, 0) is 52.1 Å². The Morgan fingerprint density at radius 3 is 2.33 bits per heavy atom. The van der Waals surface area contributed by atoms with Crippen LogP contribution in [0.15, 0.2) is 0 Å². The lowest BCUT2D eigenvalue weighted by Crippen LogP contribution is -2.54. The van der Waals surface area contributed by atoms with Crippen LogP contribution in [0.1, 0.15) is 52.4 Å². The monoisotopic (exact) mass is 211 g/mol. The minimum Gasteiger partial charge on any atom is -0.391 e. The van der Waals surface area contributed by atoms with Crippen LogP contribution in [0.4, 0.5) is 0 Å². The van der Waals surface area contributed by atoms with Crippen molar-refractivity contribution in [3.05, 3.63) is 0 Å². The van der Waals surface area contributed by atoms with Gasteiger partial charge >= 0.3 is 0 Å². The molecule has 2 rings (SSSR count). The molecule has 2 aliphatic rings. The third-order valence-electron chi connectivity index (χ3n) is 4.24. The summed E-state index contributed by atoms with van der Waals surface area (Å²) in [6.45, 7) is 6.78. The predicted octanol–water partition coefficient (Wildman–Crippen LogP) is 2.41. The van der Waals surface area contributed by atoms with Crippen molar-refractivity contribution < 1.29 is 5.11 Å². The van der Waals surface area contributed by atoms with Crippen LogP contribution < -0.4 is 0 Å².